The van der Waals surface area contributed by atoms with Crippen molar-refractivity contribution in [2.45, 2.75) is 13.1 Å². The third-order valence-electron chi connectivity index (χ3n) is 5.17. The highest BCUT2D eigenvalue weighted by atomic mass is 16.5. The summed E-state index contributed by atoms with van der Waals surface area (Å²) >= 11 is 0. The lowest BCUT2D eigenvalue weighted by atomic mass is 10.1. The molecule has 4 rings (SSSR count). The van der Waals surface area contributed by atoms with Crippen molar-refractivity contribution in [1.82, 2.24) is 14.7 Å². The molecule has 0 bridgehead atoms. The van der Waals surface area contributed by atoms with Crippen LogP contribution in [0.4, 0.5) is 4.79 Å². The summed E-state index contributed by atoms with van der Waals surface area (Å²) in [7, 11) is 1.46. The van der Waals surface area contributed by atoms with Crippen molar-refractivity contribution < 1.29 is 19.4 Å². The fraction of sp³-hybridized carbons (Fsp3) is 0.200. The molecule has 1 heterocycles. The summed E-state index contributed by atoms with van der Waals surface area (Å²) in [5.74, 6) is 0.854. The fourth-order valence-corrected chi connectivity index (χ4v) is 3.64. The maximum absolute atomic E-state index is 11.5. The molecule has 0 aliphatic heterocycles. The number of hydrogen-bond acceptors (Lipinski definition) is 5. The number of benzene rings is 3. The predicted molar refractivity (Wildman–Crippen MR) is 122 cm³/mol. The van der Waals surface area contributed by atoms with E-state index in [0.717, 1.165) is 17.8 Å². The van der Waals surface area contributed by atoms with Gasteiger partial charge in [0.2, 0.25) is 5.88 Å². The predicted octanol–water partition coefficient (Wildman–Crippen LogP) is 4.65. The molecular weight excluding hydrogens is 406 g/mol. The van der Waals surface area contributed by atoms with Crippen molar-refractivity contribution in [1.29, 1.82) is 0 Å². The quantitative estimate of drug-likeness (QED) is 0.416. The van der Waals surface area contributed by atoms with E-state index in [-0.39, 0.29) is 5.88 Å². The molecule has 0 unspecified atom stereocenters. The number of nitrogens with zero attached hydrogens (tertiary/aromatic N) is 3. The molecule has 3 aromatic carbocycles. The highest BCUT2D eigenvalue weighted by Gasteiger charge is 2.16. The summed E-state index contributed by atoms with van der Waals surface area (Å²) < 4.78 is 12.1. The molecule has 0 saturated heterocycles. The third kappa shape index (κ3) is 5.07. The first-order chi connectivity index (χ1) is 15.6. The van der Waals surface area contributed by atoms with Gasteiger partial charge in [0, 0.05) is 25.7 Å². The largest absolute Gasteiger partial charge is 0.492 e. The van der Waals surface area contributed by atoms with Crippen molar-refractivity contribution in [3.05, 3.63) is 90.0 Å². The van der Waals surface area contributed by atoms with Crippen molar-refractivity contribution >= 4 is 17.0 Å². The van der Waals surface area contributed by atoms with Gasteiger partial charge in [-0.2, -0.15) is 4.68 Å². The third-order valence-corrected chi connectivity index (χ3v) is 5.17. The van der Waals surface area contributed by atoms with E-state index in [4.69, 9.17) is 9.47 Å². The molecule has 7 heteroatoms. The van der Waals surface area contributed by atoms with Gasteiger partial charge in [-0.05, 0) is 23.3 Å². The van der Waals surface area contributed by atoms with E-state index in [0.29, 0.717) is 29.8 Å². The van der Waals surface area contributed by atoms with E-state index in [1.807, 2.05) is 36.4 Å². The van der Waals surface area contributed by atoms with Gasteiger partial charge < -0.3 is 14.6 Å². The van der Waals surface area contributed by atoms with Crippen LogP contribution in [-0.4, -0.2) is 46.1 Å². The van der Waals surface area contributed by atoms with Gasteiger partial charge in [0.05, 0.1) is 18.0 Å². The van der Waals surface area contributed by atoms with E-state index in [9.17, 15) is 9.90 Å². The average molecular weight is 431 g/mol. The Balaban J connectivity index is 1.46. The Bertz CT molecular complexity index is 1130. The topological polar surface area (TPSA) is 76.8 Å². The van der Waals surface area contributed by atoms with Gasteiger partial charge >= 0.3 is 6.09 Å². The number of hydrogen-bond donors (Lipinski definition) is 1. The van der Waals surface area contributed by atoms with Gasteiger partial charge in [-0.1, -0.05) is 60.7 Å². The molecule has 164 valence electrons. The Morgan fingerprint density at radius 2 is 1.59 bits per heavy atom. The second-order valence-corrected chi connectivity index (χ2v) is 7.41. The minimum absolute atomic E-state index is 0.269. The summed E-state index contributed by atoms with van der Waals surface area (Å²) in [5.41, 5.74) is 2.90. The van der Waals surface area contributed by atoms with Crippen LogP contribution in [0.2, 0.25) is 0 Å². The second-order valence-electron chi connectivity index (χ2n) is 7.41. The first kappa shape index (κ1) is 21.4. The smallest absolute Gasteiger partial charge is 0.432 e. The molecular formula is C25H25N3O4. The minimum atomic E-state index is -1.17. The Hall–Kier alpha value is -3.84. The zero-order chi connectivity index (χ0) is 22.3. The van der Waals surface area contributed by atoms with E-state index in [1.165, 1.54) is 18.2 Å². The Morgan fingerprint density at radius 3 is 2.16 bits per heavy atom. The number of ether oxygens (including phenoxy) is 2. The van der Waals surface area contributed by atoms with Crippen LogP contribution in [0.15, 0.2) is 78.9 Å². The lowest BCUT2D eigenvalue weighted by molar-refractivity contribution is 0.193. The fourth-order valence-electron chi connectivity index (χ4n) is 3.64. The monoisotopic (exact) mass is 431 g/mol. The normalized spacial score (nSPS) is 11.1. The number of fused-ring (bicyclic) bond motifs is 1. The maximum atomic E-state index is 11.5. The molecule has 32 heavy (non-hydrogen) atoms. The standard InChI is InChI=1S/C25H25N3O4/c1-31-24-22-13-12-21(16-23(22)28(26-24)25(29)30)32-15-14-27(17-19-8-4-2-5-9-19)18-20-10-6-3-7-11-20/h2-13,16H,14-15,17-18H2,1H3,(H,29,30). The lowest BCUT2D eigenvalue weighted by Crippen LogP contribution is -2.27. The molecule has 1 aromatic heterocycles. The van der Waals surface area contributed by atoms with Gasteiger partial charge in [0.25, 0.3) is 0 Å². The maximum Gasteiger partial charge on any atom is 0.432 e. The van der Waals surface area contributed by atoms with Crippen LogP contribution in [0.5, 0.6) is 11.6 Å². The highest BCUT2D eigenvalue weighted by Crippen LogP contribution is 2.28. The Kier molecular flexibility index (Phi) is 6.67. The summed E-state index contributed by atoms with van der Waals surface area (Å²) in [6, 6.07) is 25.9. The molecule has 1 N–H and O–H groups in total. The van der Waals surface area contributed by atoms with Gasteiger partial charge in [-0.15, -0.1) is 5.10 Å². The molecule has 0 fully saturated rings. The van der Waals surface area contributed by atoms with Gasteiger partial charge in [-0.25, -0.2) is 4.79 Å². The van der Waals surface area contributed by atoms with Crippen LogP contribution >= 0.6 is 0 Å². The van der Waals surface area contributed by atoms with Crippen molar-refractivity contribution in [2.75, 3.05) is 20.3 Å². The summed E-state index contributed by atoms with van der Waals surface area (Å²) in [4.78, 5) is 13.8. The zero-order valence-electron chi connectivity index (χ0n) is 17.8. The van der Waals surface area contributed by atoms with Crippen molar-refractivity contribution in [3.8, 4) is 11.6 Å². The van der Waals surface area contributed by atoms with Crippen LogP contribution in [0.25, 0.3) is 10.9 Å². The number of methoxy groups -OCH3 is 1. The Morgan fingerprint density at radius 1 is 0.969 bits per heavy atom. The van der Waals surface area contributed by atoms with Crippen LogP contribution in [0.3, 0.4) is 0 Å². The van der Waals surface area contributed by atoms with Crippen LogP contribution < -0.4 is 9.47 Å². The number of aromatic nitrogens is 2. The Labute approximate surface area is 186 Å². The molecule has 0 amide bonds. The first-order valence-corrected chi connectivity index (χ1v) is 10.4. The van der Waals surface area contributed by atoms with Gasteiger partial charge in [0.15, 0.2) is 0 Å². The van der Waals surface area contributed by atoms with Crippen molar-refractivity contribution in [3.63, 3.8) is 0 Å². The number of carbonyl (C=O) groups is 1. The number of rotatable bonds is 9. The highest BCUT2D eigenvalue weighted by molar-refractivity contribution is 5.91. The summed E-state index contributed by atoms with van der Waals surface area (Å²) in [6.07, 6.45) is -1.17. The number of carboxylic acid groups (broad SMARTS) is 1. The van der Waals surface area contributed by atoms with E-state index in [1.54, 1.807) is 18.2 Å². The second kappa shape index (κ2) is 9.98. The molecule has 7 nitrogen and oxygen atoms in total. The molecule has 0 spiro atoms. The molecule has 0 atom stereocenters. The summed E-state index contributed by atoms with van der Waals surface area (Å²) in [6.45, 7) is 2.79. The van der Waals surface area contributed by atoms with Gasteiger partial charge in [0.1, 0.15) is 12.4 Å². The average Bonchev–Trinajstić information content (AvgIpc) is 3.19. The van der Waals surface area contributed by atoms with Crippen LogP contribution in [0.1, 0.15) is 11.1 Å². The molecule has 4 aromatic rings. The molecule has 0 radical (unpaired) electrons. The van der Waals surface area contributed by atoms with E-state index in [2.05, 4.69) is 34.3 Å². The first-order valence-electron chi connectivity index (χ1n) is 10.4. The minimum Gasteiger partial charge on any atom is -0.492 e. The molecule has 0 aliphatic carbocycles. The molecule has 0 aliphatic rings. The summed E-state index contributed by atoms with van der Waals surface area (Å²) in [5, 5.41) is 14.0. The van der Waals surface area contributed by atoms with Gasteiger partial charge in [-0.3, -0.25) is 4.90 Å². The lowest BCUT2D eigenvalue weighted by Gasteiger charge is -2.23. The van der Waals surface area contributed by atoms with Crippen LogP contribution in [0, 0.1) is 0 Å². The van der Waals surface area contributed by atoms with E-state index >= 15 is 0 Å². The molecule has 0 saturated carbocycles. The van der Waals surface area contributed by atoms with E-state index < -0.39 is 6.09 Å². The zero-order valence-corrected chi connectivity index (χ0v) is 17.8. The van der Waals surface area contributed by atoms with Crippen LogP contribution in [-0.2, 0) is 13.1 Å². The van der Waals surface area contributed by atoms with Crippen molar-refractivity contribution in [2.24, 2.45) is 0 Å². The SMILES string of the molecule is COc1nn(C(=O)O)c2cc(OCCN(Cc3ccccc3)Cc3ccccc3)ccc12.